The van der Waals surface area contributed by atoms with E-state index in [2.05, 4.69) is 12.6 Å². The summed E-state index contributed by atoms with van der Waals surface area (Å²) in [5.74, 6) is -0.221. The highest BCUT2D eigenvalue weighted by Gasteiger charge is 1.97. The van der Waals surface area contributed by atoms with Crippen LogP contribution in [0.3, 0.4) is 0 Å². The molecule has 0 atom stereocenters. The summed E-state index contributed by atoms with van der Waals surface area (Å²) in [5, 5.41) is 0. The van der Waals surface area contributed by atoms with Crippen molar-refractivity contribution in [2.45, 2.75) is 11.8 Å². The van der Waals surface area contributed by atoms with Gasteiger partial charge in [0.15, 0.2) is 0 Å². The maximum absolute atomic E-state index is 12.7. The summed E-state index contributed by atoms with van der Waals surface area (Å²) in [6.45, 7) is 1.72. The van der Waals surface area contributed by atoms with Crippen molar-refractivity contribution in [2.75, 3.05) is 0 Å². The van der Waals surface area contributed by atoms with E-state index in [4.69, 9.17) is 0 Å². The van der Waals surface area contributed by atoms with Crippen molar-refractivity contribution in [3.63, 3.8) is 0 Å². The highest BCUT2D eigenvalue weighted by molar-refractivity contribution is 7.80. The smallest absolute Gasteiger partial charge is 0.139 e. The second kappa shape index (κ2) is 2.40. The van der Waals surface area contributed by atoms with Crippen LogP contribution in [0.4, 0.5) is 4.39 Å². The lowest BCUT2D eigenvalue weighted by Gasteiger charge is -1.95. The SMILES string of the molecule is Cc1cccc(S)c1F. The average molecular weight is 142 g/mol. The molecule has 0 saturated heterocycles. The normalized spacial score (nSPS) is 9.67. The number of thiol groups is 1. The summed E-state index contributed by atoms with van der Waals surface area (Å²) in [6, 6.07) is 5.13. The molecule has 48 valence electrons. The van der Waals surface area contributed by atoms with E-state index >= 15 is 0 Å². The third-order valence-corrected chi connectivity index (χ3v) is 1.52. The van der Waals surface area contributed by atoms with E-state index in [0.29, 0.717) is 10.5 Å². The zero-order valence-corrected chi connectivity index (χ0v) is 5.95. The highest BCUT2D eigenvalue weighted by Crippen LogP contribution is 2.14. The van der Waals surface area contributed by atoms with E-state index in [-0.39, 0.29) is 5.82 Å². The van der Waals surface area contributed by atoms with Gasteiger partial charge in [0.05, 0.1) is 0 Å². The van der Waals surface area contributed by atoms with Gasteiger partial charge in [0, 0.05) is 4.90 Å². The maximum Gasteiger partial charge on any atom is 0.139 e. The quantitative estimate of drug-likeness (QED) is 0.528. The van der Waals surface area contributed by atoms with Crippen LogP contribution in [0.5, 0.6) is 0 Å². The number of benzene rings is 1. The fourth-order valence-corrected chi connectivity index (χ4v) is 0.894. The molecule has 0 radical (unpaired) electrons. The van der Waals surface area contributed by atoms with E-state index in [0.717, 1.165) is 0 Å². The van der Waals surface area contributed by atoms with Crippen LogP contribution in [0.1, 0.15) is 5.56 Å². The zero-order chi connectivity index (χ0) is 6.85. The topological polar surface area (TPSA) is 0 Å². The van der Waals surface area contributed by atoms with Gasteiger partial charge in [-0.1, -0.05) is 12.1 Å². The summed E-state index contributed by atoms with van der Waals surface area (Å²) < 4.78 is 12.7. The standard InChI is InChI=1S/C7H7FS/c1-5-3-2-4-6(9)7(5)8/h2-4,9H,1H3. The molecule has 1 aromatic carbocycles. The number of hydrogen-bond acceptors (Lipinski definition) is 1. The Bertz CT molecular complexity index is 200. The summed E-state index contributed by atoms with van der Waals surface area (Å²) in [7, 11) is 0. The third kappa shape index (κ3) is 1.24. The van der Waals surface area contributed by atoms with Gasteiger partial charge in [-0.05, 0) is 18.6 Å². The molecule has 0 aliphatic heterocycles. The van der Waals surface area contributed by atoms with Gasteiger partial charge in [-0.25, -0.2) is 4.39 Å². The van der Waals surface area contributed by atoms with Gasteiger partial charge in [-0.3, -0.25) is 0 Å². The minimum absolute atomic E-state index is 0.221. The van der Waals surface area contributed by atoms with Gasteiger partial charge in [0.25, 0.3) is 0 Å². The third-order valence-electron chi connectivity index (χ3n) is 1.17. The van der Waals surface area contributed by atoms with Crippen LogP contribution in [0.2, 0.25) is 0 Å². The highest BCUT2D eigenvalue weighted by atomic mass is 32.1. The summed E-state index contributed by atoms with van der Waals surface area (Å²) >= 11 is 3.89. The number of hydrogen-bond donors (Lipinski definition) is 1. The fraction of sp³-hybridized carbons (Fsp3) is 0.143. The van der Waals surface area contributed by atoms with E-state index < -0.39 is 0 Å². The molecular weight excluding hydrogens is 135 g/mol. The molecule has 0 aliphatic rings. The largest absolute Gasteiger partial charge is 0.205 e. The molecule has 0 aromatic heterocycles. The van der Waals surface area contributed by atoms with Crippen molar-refractivity contribution < 1.29 is 4.39 Å². The maximum atomic E-state index is 12.7. The lowest BCUT2D eigenvalue weighted by molar-refractivity contribution is 0.593. The molecule has 0 aliphatic carbocycles. The van der Waals surface area contributed by atoms with Crippen LogP contribution >= 0.6 is 12.6 Å². The second-order valence-electron chi connectivity index (χ2n) is 1.91. The molecule has 9 heavy (non-hydrogen) atoms. The molecule has 0 fully saturated rings. The second-order valence-corrected chi connectivity index (χ2v) is 2.39. The van der Waals surface area contributed by atoms with Gasteiger partial charge < -0.3 is 0 Å². The molecule has 0 heterocycles. The average Bonchev–Trinajstić information content (AvgIpc) is 1.83. The molecule has 0 N–H and O–H groups in total. The summed E-state index contributed by atoms with van der Waals surface area (Å²) in [4.78, 5) is 0.412. The Morgan fingerprint density at radius 1 is 1.44 bits per heavy atom. The van der Waals surface area contributed by atoms with Crippen LogP contribution in [0.15, 0.2) is 23.1 Å². The van der Waals surface area contributed by atoms with Gasteiger partial charge in [-0.2, -0.15) is 0 Å². The minimum atomic E-state index is -0.221. The van der Waals surface area contributed by atoms with Crippen molar-refractivity contribution >= 4 is 12.6 Å². The van der Waals surface area contributed by atoms with Gasteiger partial charge in [-0.15, -0.1) is 12.6 Å². The van der Waals surface area contributed by atoms with Gasteiger partial charge >= 0.3 is 0 Å². The molecule has 0 spiro atoms. The van der Waals surface area contributed by atoms with Crippen molar-refractivity contribution in [1.82, 2.24) is 0 Å². The molecule has 0 bridgehead atoms. The first-order valence-corrected chi connectivity index (χ1v) is 3.10. The van der Waals surface area contributed by atoms with E-state index in [1.807, 2.05) is 0 Å². The first-order valence-electron chi connectivity index (χ1n) is 2.66. The van der Waals surface area contributed by atoms with Gasteiger partial charge in [0.2, 0.25) is 0 Å². The molecule has 1 aromatic rings. The molecule has 0 nitrogen and oxygen atoms in total. The molecule has 0 saturated carbocycles. The number of rotatable bonds is 0. The Labute approximate surface area is 59.1 Å². The minimum Gasteiger partial charge on any atom is -0.205 e. The Hall–Kier alpha value is -0.500. The molecule has 1 rings (SSSR count). The van der Waals surface area contributed by atoms with E-state index in [9.17, 15) is 4.39 Å². The van der Waals surface area contributed by atoms with Crippen LogP contribution in [0.25, 0.3) is 0 Å². The zero-order valence-electron chi connectivity index (χ0n) is 5.06. The van der Waals surface area contributed by atoms with Crippen LogP contribution < -0.4 is 0 Å². The summed E-state index contributed by atoms with van der Waals surface area (Å²) in [6.07, 6.45) is 0. The van der Waals surface area contributed by atoms with E-state index in [1.54, 1.807) is 25.1 Å². The summed E-state index contributed by atoms with van der Waals surface area (Å²) in [5.41, 5.74) is 0.641. The number of halogens is 1. The van der Waals surface area contributed by atoms with Crippen LogP contribution in [0, 0.1) is 12.7 Å². The van der Waals surface area contributed by atoms with Crippen molar-refractivity contribution in [2.24, 2.45) is 0 Å². The Morgan fingerprint density at radius 2 is 2.11 bits per heavy atom. The number of aryl methyl sites for hydroxylation is 1. The predicted octanol–water partition coefficient (Wildman–Crippen LogP) is 2.42. The predicted molar refractivity (Wildman–Crippen MR) is 38.4 cm³/mol. The Kier molecular flexibility index (Phi) is 1.76. The molecular formula is C7H7FS. The van der Waals surface area contributed by atoms with Crippen molar-refractivity contribution in [3.8, 4) is 0 Å². The monoisotopic (exact) mass is 142 g/mol. The van der Waals surface area contributed by atoms with Crippen LogP contribution in [-0.2, 0) is 0 Å². The molecule has 0 amide bonds. The lowest BCUT2D eigenvalue weighted by atomic mass is 10.2. The first-order chi connectivity index (χ1) is 4.22. The van der Waals surface area contributed by atoms with Crippen LogP contribution in [-0.4, -0.2) is 0 Å². The first kappa shape index (κ1) is 6.62. The van der Waals surface area contributed by atoms with Gasteiger partial charge in [0.1, 0.15) is 5.82 Å². The van der Waals surface area contributed by atoms with Crippen molar-refractivity contribution in [3.05, 3.63) is 29.6 Å². The van der Waals surface area contributed by atoms with E-state index in [1.165, 1.54) is 0 Å². The Balaban J connectivity index is 3.25. The Morgan fingerprint density at radius 3 is 2.56 bits per heavy atom. The van der Waals surface area contributed by atoms with Crippen molar-refractivity contribution in [1.29, 1.82) is 0 Å². The lowest BCUT2D eigenvalue weighted by Crippen LogP contribution is -1.81. The fourth-order valence-electron chi connectivity index (χ4n) is 0.632. The molecule has 2 heteroatoms. The molecule has 0 unspecified atom stereocenters.